The summed E-state index contributed by atoms with van der Waals surface area (Å²) in [5, 5.41) is 2.67. The number of imide groups is 1. The van der Waals surface area contributed by atoms with Crippen molar-refractivity contribution in [1.82, 2.24) is 15.1 Å². The van der Waals surface area contributed by atoms with E-state index in [1.807, 2.05) is 25.9 Å². The lowest BCUT2D eigenvalue weighted by molar-refractivity contribution is -0.131. The van der Waals surface area contributed by atoms with Crippen molar-refractivity contribution in [1.29, 1.82) is 0 Å². The Morgan fingerprint density at radius 1 is 1.18 bits per heavy atom. The Morgan fingerprint density at radius 2 is 1.76 bits per heavy atom. The average Bonchev–Trinajstić information content (AvgIpc) is 2.23. The summed E-state index contributed by atoms with van der Waals surface area (Å²) < 4.78 is 0. The number of carbonyl (C=O) groups excluding carboxylic acids is 2. The Kier molecular flexibility index (Phi) is 7.54. The number of nitrogens with one attached hydrogen (secondary N) is 1. The Hall–Kier alpha value is -1.10. The lowest BCUT2D eigenvalue weighted by Gasteiger charge is -2.23. The molecule has 0 saturated carbocycles. The average molecular weight is 243 g/mol. The Labute approximate surface area is 104 Å². The van der Waals surface area contributed by atoms with Crippen molar-refractivity contribution >= 4 is 11.9 Å². The highest BCUT2D eigenvalue weighted by molar-refractivity contribution is 5.95. The van der Waals surface area contributed by atoms with Gasteiger partial charge in [-0.05, 0) is 34.0 Å². The zero-order valence-electron chi connectivity index (χ0n) is 11.6. The molecule has 0 heterocycles. The van der Waals surface area contributed by atoms with Crippen LogP contribution in [0.3, 0.4) is 0 Å². The Balaban J connectivity index is 4.40. The lowest BCUT2D eigenvalue weighted by atomic mass is 10.2. The van der Waals surface area contributed by atoms with Gasteiger partial charge in [0.05, 0.1) is 0 Å². The number of carbonyl (C=O) groups is 2. The van der Waals surface area contributed by atoms with Gasteiger partial charge in [-0.2, -0.15) is 0 Å². The quantitative estimate of drug-likeness (QED) is 0.761. The number of hydrogen-bond donors (Lipinski definition) is 1. The fourth-order valence-electron chi connectivity index (χ4n) is 1.42. The first kappa shape index (κ1) is 15.9. The van der Waals surface area contributed by atoms with E-state index in [0.717, 1.165) is 13.0 Å². The minimum atomic E-state index is -0.287. The third-order valence-corrected chi connectivity index (χ3v) is 2.32. The molecule has 0 aromatic rings. The van der Waals surface area contributed by atoms with Crippen molar-refractivity contribution in [3.8, 4) is 0 Å². The van der Waals surface area contributed by atoms with Crippen LogP contribution in [-0.4, -0.2) is 55.5 Å². The minimum Gasteiger partial charge on any atom is -0.338 e. The van der Waals surface area contributed by atoms with Crippen LogP contribution in [0.15, 0.2) is 0 Å². The van der Waals surface area contributed by atoms with E-state index < -0.39 is 0 Å². The third kappa shape index (κ3) is 6.26. The van der Waals surface area contributed by atoms with E-state index >= 15 is 0 Å². The first-order chi connectivity index (χ1) is 7.90. The second-order valence-corrected chi connectivity index (χ2v) is 4.64. The maximum Gasteiger partial charge on any atom is 0.324 e. The first-order valence-electron chi connectivity index (χ1n) is 6.14. The predicted molar refractivity (Wildman–Crippen MR) is 68.8 cm³/mol. The number of nitrogens with zero attached hydrogens (tertiary/aromatic N) is 2. The summed E-state index contributed by atoms with van der Waals surface area (Å²) in [4.78, 5) is 27.0. The van der Waals surface area contributed by atoms with Gasteiger partial charge in [-0.1, -0.05) is 13.8 Å². The van der Waals surface area contributed by atoms with Gasteiger partial charge in [0, 0.05) is 19.0 Å². The van der Waals surface area contributed by atoms with E-state index in [1.54, 1.807) is 13.8 Å². The molecular weight excluding hydrogens is 218 g/mol. The van der Waals surface area contributed by atoms with Crippen LogP contribution >= 0.6 is 0 Å². The summed E-state index contributed by atoms with van der Waals surface area (Å²) in [6, 6.07) is -0.287. The Morgan fingerprint density at radius 3 is 2.18 bits per heavy atom. The van der Waals surface area contributed by atoms with Gasteiger partial charge < -0.3 is 10.2 Å². The van der Waals surface area contributed by atoms with Crippen molar-refractivity contribution in [2.24, 2.45) is 5.92 Å². The topological polar surface area (TPSA) is 52.7 Å². The number of amides is 3. The van der Waals surface area contributed by atoms with Gasteiger partial charge in [0.15, 0.2) is 0 Å². The predicted octanol–water partition coefficient (Wildman–Crippen LogP) is 1.15. The first-order valence-corrected chi connectivity index (χ1v) is 6.14. The fraction of sp³-hybridized carbons (Fsp3) is 0.833. The van der Waals surface area contributed by atoms with Crippen molar-refractivity contribution in [2.45, 2.75) is 27.2 Å². The highest BCUT2D eigenvalue weighted by atomic mass is 16.2. The van der Waals surface area contributed by atoms with Gasteiger partial charge in [0.1, 0.15) is 0 Å². The molecule has 0 radical (unpaired) electrons. The van der Waals surface area contributed by atoms with Gasteiger partial charge >= 0.3 is 6.03 Å². The molecule has 0 saturated heterocycles. The smallest absolute Gasteiger partial charge is 0.324 e. The number of urea groups is 1. The van der Waals surface area contributed by atoms with Crippen LogP contribution in [0.25, 0.3) is 0 Å². The summed E-state index contributed by atoms with van der Waals surface area (Å²) in [7, 11) is 3.95. The van der Waals surface area contributed by atoms with Crippen LogP contribution < -0.4 is 5.32 Å². The highest BCUT2D eigenvalue weighted by Crippen LogP contribution is 2.03. The van der Waals surface area contributed by atoms with E-state index in [0.29, 0.717) is 13.1 Å². The lowest BCUT2D eigenvalue weighted by Crippen LogP contribution is -2.46. The van der Waals surface area contributed by atoms with Gasteiger partial charge in [-0.3, -0.25) is 9.69 Å². The van der Waals surface area contributed by atoms with E-state index in [2.05, 4.69) is 5.32 Å². The molecule has 0 aromatic heterocycles. The molecule has 5 heteroatoms. The van der Waals surface area contributed by atoms with Crippen molar-refractivity contribution in [3.63, 3.8) is 0 Å². The molecule has 0 bridgehead atoms. The zero-order valence-corrected chi connectivity index (χ0v) is 11.6. The standard InChI is InChI=1S/C12H25N3O2/c1-6-13-12(17)15(11(16)10(2)3)9-7-8-14(4)5/h10H,6-9H2,1-5H3,(H,13,17). The van der Waals surface area contributed by atoms with Crippen molar-refractivity contribution in [2.75, 3.05) is 33.7 Å². The summed E-state index contributed by atoms with van der Waals surface area (Å²) in [5.41, 5.74) is 0. The molecule has 17 heavy (non-hydrogen) atoms. The minimum absolute atomic E-state index is 0.116. The molecule has 0 aliphatic heterocycles. The zero-order chi connectivity index (χ0) is 13.4. The Bertz CT molecular complexity index is 252. The van der Waals surface area contributed by atoms with Crippen LogP contribution in [0.1, 0.15) is 27.2 Å². The van der Waals surface area contributed by atoms with Crippen LogP contribution in [0.4, 0.5) is 4.79 Å². The van der Waals surface area contributed by atoms with Crippen molar-refractivity contribution in [3.05, 3.63) is 0 Å². The van der Waals surface area contributed by atoms with Gasteiger partial charge in [-0.15, -0.1) is 0 Å². The van der Waals surface area contributed by atoms with E-state index in [-0.39, 0.29) is 17.9 Å². The SMILES string of the molecule is CCNC(=O)N(CCCN(C)C)C(=O)C(C)C. The second-order valence-electron chi connectivity index (χ2n) is 4.64. The summed E-state index contributed by atoms with van der Waals surface area (Å²) in [5.74, 6) is -0.272. The van der Waals surface area contributed by atoms with Crippen molar-refractivity contribution < 1.29 is 9.59 Å². The molecular formula is C12H25N3O2. The molecule has 0 atom stereocenters. The summed E-state index contributed by atoms with van der Waals surface area (Å²) in [6.45, 7) is 7.33. The van der Waals surface area contributed by atoms with Crippen LogP contribution in [-0.2, 0) is 4.79 Å². The number of hydrogen-bond acceptors (Lipinski definition) is 3. The highest BCUT2D eigenvalue weighted by Gasteiger charge is 2.22. The maximum atomic E-state index is 11.9. The van der Waals surface area contributed by atoms with E-state index in [4.69, 9.17) is 0 Å². The van der Waals surface area contributed by atoms with E-state index in [9.17, 15) is 9.59 Å². The summed E-state index contributed by atoms with van der Waals surface area (Å²) in [6.07, 6.45) is 0.794. The maximum absolute atomic E-state index is 11.9. The largest absolute Gasteiger partial charge is 0.338 e. The third-order valence-electron chi connectivity index (χ3n) is 2.32. The van der Waals surface area contributed by atoms with Crippen LogP contribution in [0, 0.1) is 5.92 Å². The molecule has 0 aliphatic carbocycles. The molecule has 3 amide bonds. The molecule has 1 N–H and O–H groups in total. The summed E-state index contributed by atoms with van der Waals surface area (Å²) >= 11 is 0. The van der Waals surface area contributed by atoms with Crippen LogP contribution in [0.5, 0.6) is 0 Å². The normalized spacial score (nSPS) is 10.8. The van der Waals surface area contributed by atoms with E-state index in [1.165, 1.54) is 4.90 Å². The van der Waals surface area contributed by atoms with Gasteiger partial charge in [0.25, 0.3) is 0 Å². The van der Waals surface area contributed by atoms with Gasteiger partial charge in [0.2, 0.25) is 5.91 Å². The monoisotopic (exact) mass is 243 g/mol. The molecule has 0 aliphatic rings. The molecule has 0 aromatic carbocycles. The number of rotatable bonds is 6. The molecule has 0 unspecified atom stereocenters. The molecule has 0 rings (SSSR count). The molecule has 5 nitrogen and oxygen atoms in total. The molecule has 0 spiro atoms. The van der Waals surface area contributed by atoms with Gasteiger partial charge in [-0.25, -0.2) is 4.79 Å². The molecule has 0 fully saturated rings. The second kappa shape index (κ2) is 8.06. The van der Waals surface area contributed by atoms with Crippen LogP contribution in [0.2, 0.25) is 0 Å². The molecule has 100 valence electrons. The fourth-order valence-corrected chi connectivity index (χ4v) is 1.42.